The lowest BCUT2D eigenvalue weighted by molar-refractivity contribution is 0.269. The Hall–Kier alpha value is -3.23. The van der Waals surface area contributed by atoms with E-state index >= 15 is 0 Å². The van der Waals surface area contributed by atoms with Gasteiger partial charge in [-0.25, -0.2) is 4.98 Å². The Morgan fingerprint density at radius 2 is 1.90 bits per heavy atom. The number of rotatable bonds is 6. The van der Waals surface area contributed by atoms with Crippen LogP contribution in [0.1, 0.15) is 42.1 Å². The monoisotopic (exact) mass is 433 g/mol. The Kier molecular flexibility index (Phi) is 6.29. The number of benzene rings is 2. The van der Waals surface area contributed by atoms with Gasteiger partial charge in [0.05, 0.1) is 6.61 Å². The molecule has 1 aromatic heterocycles. The van der Waals surface area contributed by atoms with Crippen LogP contribution in [0.3, 0.4) is 0 Å². The van der Waals surface area contributed by atoms with E-state index < -0.39 is 0 Å². The molecule has 0 fully saturated rings. The number of nitrogens with two attached hydrogens (primary N) is 1. The van der Waals surface area contributed by atoms with Crippen molar-refractivity contribution in [1.29, 1.82) is 5.26 Å². The second kappa shape index (κ2) is 9.28. The summed E-state index contributed by atoms with van der Waals surface area (Å²) < 4.78 is 11.9. The van der Waals surface area contributed by atoms with E-state index in [4.69, 9.17) is 26.8 Å². The Labute approximate surface area is 187 Å². The van der Waals surface area contributed by atoms with Gasteiger partial charge in [0.1, 0.15) is 24.1 Å². The highest BCUT2D eigenvalue weighted by molar-refractivity contribution is 6.31. The number of hydrogen-bond acceptors (Lipinski definition) is 5. The van der Waals surface area contributed by atoms with Crippen molar-refractivity contribution in [3.8, 4) is 28.7 Å². The van der Waals surface area contributed by atoms with Crippen molar-refractivity contribution < 1.29 is 9.47 Å². The van der Waals surface area contributed by atoms with E-state index in [2.05, 4.69) is 11.1 Å². The molecule has 0 saturated heterocycles. The quantitative estimate of drug-likeness (QED) is 0.538. The Morgan fingerprint density at radius 1 is 1.10 bits per heavy atom. The van der Waals surface area contributed by atoms with Gasteiger partial charge in [0.25, 0.3) is 0 Å². The molecule has 2 N–H and O–H groups in total. The zero-order chi connectivity index (χ0) is 21.8. The van der Waals surface area contributed by atoms with Crippen molar-refractivity contribution in [2.75, 3.05) is 12.3 Å². The minimum atomic E-state index is 0.287. The normalized spacial score (nSPS) is 12.7. The van der Waals surface area contributed by atoms with Gasteiger partial charge in [-0.2, -0.15) is 5.26 Å². The van der Waals surface area contributed by atoms with Crippen molar-refractivity contribution in [2.24, 2.45) is 0 Å². The Balaban J connectivity index is 1.74. The number of nitrogens with zero attached hydrogens (tertiary/aromatic N) is 2. The summed E-state index contributed by atoms with van der Waals surface area (Å²) in [6.07, 6.45) is 3.94. The number of ether oxygens (including phenoxy) is 2. The van der Waals surface area contributed by atoms with Crippen LogP contribution in [0, 0.1) is 11.3 Å². The van der Waals surface area contributed by atoms with Crippen LogP contribution in [-0.2, 0) is 19.4 Å². The zero-order valence-corrected chi connectivity index (χ0v) is 18.2. The fourth-order valence-electron chi connectivity index (χ4n) is 4.02. The second-order valence-corrected chi connectivity index (χ2v) is 7.87. The fourth-order valence-corrected chi connectivity index (χ4v) is 4.21. The van der Waals surface area contributed by atoms with Crippen LogP contribution in [0.5, 0.6) is 11.5 Å². The maximum Gasteiger partial charge on any atom is 0.161 e. The minimum Gasteiger partial charge on any atom is -0.490 e. The molecule has 0 amide bonds. The van der Waals surface area contributed by atoms with Gasteiger partial charge in [0.15, 0.2) is 11.5 Å². The molecule has 0 spiro atoms. The number of fused-ring (bicyclic) bond motifs is 1. The van der Waals surface area contributed by atoms with Crippen LogP contribution in [0.4, 0.5) is 5.82 Å². The molecule has 3 aromatic rings. The van der Waals surface area contributed by atoms with Gasteiger partial charge in [0.2, 0.25) is 0 Å². The third kappa shape index (κ3) is 4.30. The standard InChI is InChI=1S/C25H24ClN3O2/c1-2-30-23-13-16(11-12-22(23)31-15-17-7-3-5-9-20(17)26)24-18-8-4-6-10-21(18)29-25(28)19(24)14-27/h3,5,7,9,11-13H,2,4,6,8,10,15H2,1H3,(H2,28,29). The summed E-state index contributed by atoms with van der Waals surface area (Å²) >= 11 is 6.25. The molecule has 6 heteroatoms. The molecule has 0 aliphatic heterocycles. The molecule has 4 rings (SSSR count). The first-order chi connectivity index (χ1) is 15.1. The molecular weight excluding hydrogens is 410 g/mol. The summed E-state index contributed by atoms with van der Waals surface area (Å²) in [5.41, 5.74) is 11.3. The van der Waals surface area contributed by atoms with Gasteiger partial charge >= 0.3 is 0 Å². The van der Waals surface area contributed by atoms with E-state index in [1.165, 1.54) is 0 Å². The van der Waals surface area contributed by atoms with Gasteiger partial charge in [0, 0.05) is 21.8 Å². The van der Waals surface area contributed by atoms with Crippen molar-refractivity contribution in [3.63, 3.8) is 0 Å². The number of nitriles is 1. The maximum absolute atomic E-state index is 9.79. The van der Waals surface area contributed by atoms with E-state index in [0.29, 0.717) is 35.3 Å². The molecule has 0 atom stereocenters. The van der Waals surface area contributed by atoms with Gasteiger partial charge in [-0.1, -0.05) is 35.9 Å². The molecule has 158 valence electrons. The fraction of sp³-hybridized carbons (Fsp3) is 0.280. The van der Waals surface area contributed by atoms with Crippen molar-refractivity contribution in [2.45, 2.75) is 39.2 Å². The van der Waals surface area contributed by atoms with Gasteiger partial charge in [-0.15, -0.1) is 0 Å². The first-order valence-corrected chi connectivity index (χ1v) is 10.8. The van der Waals surface area contributed by atoms with Crippen LogP contribution in [0.25, 0.3) is 11.1 Å². The molecule has 5 nitrogen and oxygen atoms in total. The van der Waals surface area contributed by atoms with E-state index in [0.717, 1.165) is 53.6 Å². The largest absolute Gasteiger partial charge is 0.490 e. The number of nitrogen functional groups attached to an aromatic ring is 1. The number of pyridine rings is 1. The van der Waals surface area contributed by atoms with Gasteiger partial charge < -0.3 is 15.2 Å². The van der Waals surface area contributed by atoms with E-state index in [1.54, 1.807) is 0 Å². The second-order valence-electron chi connectivity index (χ2n) is 7.47. The summed E-state index contributed by atoms with van der Waals surface area (Å²) in [7, 11) is 0. The van der Waals surface area contributed by atoms with Crippen molar-refractivity contribution in [1.82, 2.24) is 4.98 Å². The molecule has 2 aromatic carbocycles. The third-order valence-electron chi connectivity index (χ3n) is 5.49. The SMILES string of the molecule is CCOc1cc(-c2c(C#N)c(N)nc3c2CCCC3)ccc1OCc1ccccc1Cl. The molecule has 31 heavy (non-hydrogen) atoms. The van der Waals surface area contributed by atoms with E-state index in [9.17, 15) is 5.26 Å². The summed E-state index contributed by atoms with van der Waals surface area (Å²) in [5.74, 6) is 1.53. The van der Waals surface area contributed by atoms with Crippen LogP contribution in [0.2, 0.25) is 5.02 Å². The first kappa shape index (κ1) is 21.0. The van der Waals surface area contributed by atoms with E-state index in [1.807, 2.05) is 49.4 Å². The third-order valence-corrected chi connectivity index (χ3v) is 5.86. The number of halogens is 1. The summed E-state index contributed by atoms with van der Waals surface area (Å²) in [4.78, 5) is 4.51. The number of aromatic nitrogens is 1. The minimum absolute atomic E-state index is 0.287. The van der Waals surface area contributed by atoms with Crippen LogP contribution in [-0.4, -0.2) is 11.6 Å². The lowest BCUT2D eigenvalue weighted by atomic mass is 9.86. The molecule has 0 unspecified atom stereocenters. The van der Waals surface area contributed by atoms with Crippen molar-refractivity contribution in [3.05, 3.63) is 69.9 Å². The summed E-state index contributed by atoms with van der Waals surface area (Å²) in [6.45, 7) is 2.76. The Morgan fingerprint density at radius 3 is 2.68 bits per heavy atom. The lowest BCUT2D eigenvalue weighted by Gasteiger charge is -2.22. The smallest absolute Gasteiger partial charge is 0.161 e. The molecule has 0 bridgehead atoms. The average molecular weight is 434 g/mol. The molecule has 1 aliphatic rings. The highest BCUT2D eigenvalue weighted by Crippen LogP contribution is 2.40. The number of anilines is 1. The predicted molar refractivity (Wildman–Crippen MR) is 122 cm³/mol. The molecule has 0 radical (unpaired) electrons. The molecule has 1 heterocycles. The topological polar surface area (TPSA) is 81.2 Å². The lowest BCUT2D eigenvalue weighted by Crippen LogP contribution is -2.12. The highest BCUT2D eigenvalue weighted by Gasteiger charge is 2.23. The molecular formula is C25H24ClN3O2. The van der Waals surface area contributed by atoms with Crippen LogP contribution >= 0.6 is 11.6 Å². The highest BCUT2D eigenvalue weighted by atomic mass is 35.5. The number of aryl methyl sites for hydroxylation is 1. The van der Waals surface area contributed by atoms with Crippen LogP contribution in [0.15, 0.2) is 42.5 Å². The zero-order valence-electron chi connectivity index (χ0n) is 17.5. The van der Waals surface area contributed by atoms with Crippen molar-refractivity contribution >= 4 is 17.4 Å². The predicted octanol–water partition coefficient (Wildman–Crippen LogP) is 5.71. The molecule has 1 aliphatic carbocycles. The molecule has 0 saturated carbocycles. The van der Waals surface area contributed by atoms with Gasteiger partial charge in [-0.3, -0.25) is 0 Å². The summed E-state index contributed by atoms with van der Waals surface area (Å²) in [6, 6.07) is 15.6. The maximum atomic E-state index is 9.79. The summed E-state index contributed by atoms with van der Waals surface area (Å²) in [5, 5.41) is 10.4. The van der Waals surface area contributed by atoms with Gasteiger partial charge in [-0.05, 0) is 61.9 Å². The average Bonchev–Trinajstić information content (AvgIpc) is 2.78. The number of hydrogen-bond donors (Lipinski definition) is 1. The van der Waals surface area contributed by atoms with Crippen LogP contribution < -0.4 is 15.2 Å². The Bertz CT molecular complexity index is 1150. The van der Waals surface area contributed by atoms with E-state index in [-0.39, 0.29) is 5.82 Å². The first-order valence-electron chi connectivity index (χ1n) is 10.5.